The number of anilines is 1. The molecule has 1 N–H and O–H groups in total. The van der Waals surface area contributed by atoms with Crippen LogP contribution in [0.3, 0.4) is 0 Å². The van der Waals surface area contributed by atoms with Crippen molar-refractivity contribution in [2.24, 2.45) is 0 Å². The maximum absolute atomic E-state index is 13.3. The fourth-order valence-electron chi connectivity index (χ4n) is 5.15. The molecule has 1 amide bonds. The standard InChI is InChI=1S/C25H35ClN6O3S/c1-18-23(28-17-29-24(18)27-16-19-5-4-6-20(26)15-19)25(33)32-13-9-22(10-14-32)31-11-7-21(8-12-31)30(2)36(3,34)35/h4-6,15,17,21-22H,7-14,16H2,1-3H3,(H,27,28,29). The minimum atomic E-state index is -3.16. The molecule has 2 saturated heterocycles. The Labute approximate surface area is 218 Å². The summed E-state index contributed by atoms with van der Waals surface area (Å²) < 4.78 is 25.2. The molecule has 9 nitrogen and oxygen atoms in total. The van der Waals surface area contributed by atoms with Crippen molar-refractivity contribution in [2.45, 2.75) is 51.2 Å². The highest BCUT2D eigenvalue weighted by molar-refractivity contribution is 7.88. The molecule has 4 rings (SSSR count). The van der Waals surface area contributed by atoms with E-state index in [0.29, 0.717) is 42.2 Å². The van der Waals surface area contributed by atoms with Crippen LogP contribution in [0.1, 0.15) is 47.3 Å². The lowest BCUT2D eigenvalue weighted by Crippen LogP contribution is -2.52. The zero-order valence-corrected chi connectivity index (χ0v) is 22.7. The molecule has 196 valence electrons. The molecule has 2 aliphatic heterocycles. The van der Waals surface area contributed by atoms with Crippen molar-refractivity contribution in [3.8, 4) is 0 Å². The van der Waals surface area contributed by atoms with Crippen molar-refractivity contribution in [2.75, 3.05) is 44.8 Å². The third-order valence-corrected chi connectivity index (χ3v) is 9.02. The quantitative estimate of drug-likeness (QED) is 0.583. The van der Waals surface area contributed by atoms with E-state index in [0.717, 1.165) is 49.9 Å². The first-order chi connectivity index (χ1) is 17.1. The maximum atomic E-state index is 13.3. The Hall–Kier alpha value is -2.27. The fraction of sp³-hybridized carbons (Fsp3) is 0.560. The molecular weight excluding hydrogens is 500 g/mol. The number of aromatic nitrogens is 2. The molecule has 0 radical (unpaired) electrons. The second kappa shape index (κ2) is 11.4. The molecule has 0 atom stereocenters. The van der Waals surface area contributed by atoms with Crippen LogP contribution in [0.15, 0.2) is 30.6 Å². The summed E-state index contributed by atoms with van der Waals surface area (Å²) in [6, 6.07) is 8.10. The normalized spacial score (nSPS) is 18.5. The minimum Gasteiger partial charge on any atom is -0.366 e. The van der Waals surface area contributed by atoms with Gasteiger partial charge in [0.2, 0.25) is 10.0 Å². The monoisotopic (exact) mass is 534 g/mol. The lowest BCUT2D eigenvalue weighted by Gasteiger charge is -2.43. The van der Waals surface area contributed by atoms with Crippen LogP contribution in [0.25, 0.3) is 0 Å². The SMILES string of the molecule is Cc1c(NCc2cccc(Cl)c2)ncnc1C(=O)N1CCC(N2CCC(N(C)S(C)(=O)=O)CC2)CC1. The third kappa shape index (κ3) is 6.34. The predicted molar refractivity (Wildman–Crippen MR) is 142 cm³/mol. The number of carbonyl (C=O) groups is 1. The Bertz CT molecular complexity index is 1180. The van der Waals surface area contributed by atoms with Crippen molar-refractivity contribution < 1.29 is 13.2 Å². The van der Waals surface area contributed by atoms with Gasteiger partial charge in [-0.05, 0) is 63.4 Å². The Morgan fingerprint density at radius 1 is 1.14 bits per heavy atom. The van der Waals surface area contributed by atoms with E-state index in [1.54, 1.807) is 7.05 Å². The van der Waals surface area contributed by atoms with Gasteiger partial charge in [-0.3, -0.25) is 4.79 Å². The minimum absolute atomic E-state index is 0.0624. The van der Waals surface area contributed by atoms with Crippen molar-refractivity contribution in [3.05, 3.63) is 52.4 Å². The average molecular weight is 535 g/mol. The second-order valence-electron chi connectivity index (χ2n) is 9.75. The number of hydrogen-bond donors (Lipinski definition) is 1. The van der Waals surface area contributed by atoms with Crippen LogP contribution < -0.4 is 5.32 Å². The molecule has 3 heterocycles. The van der Waals surface area contributed by atoms with Gasteiger partial charge in [-0.1, -0.05) is 23.7 Å². The van der Waals surface area contributed by atoms with Gasteiger partial charge >= 0.3 is 0 Å². The summed E-state index contributed by atoms with van der Waals surface area (Å²) in [5, 5.41) is 3.98. The zero-order valence-electron chi connectivity index (χ0n) is 21.2. The summed E-state index contributed by atoms with van der Waals surface area (Å²) in [5.74, 6) is 0.581. The highest BCUT2D eigenvalue weighted by Gasteiger charge is 2.33. The molecule has 0 saturated carbocycles. The smallest absolute Gasteiger partial charge is 0.272 e. The van der Waals surface area contributed by atoms with Gasteiger partial charge in [-0.15, -0.1) is 0 Å². The Kier molecular flexibility index (Phi) is 8.49. The fourth-order valence-corrected chi connectivity index (χ4v) is 6.11. The molecule has 1 aromatic carbocycles. The van der Waals surface area contributed by atoms with Crippen molar-refractivity contribution in [1.29, 1.82) is 0 Å². The van der Waals surface area contributed by atoms with E-state index in [-0.39, 0.29) is 11.9 Å². The molecule has 0 aliphatic carbocycles. The Balaban J connectivity index is 1.31. The highest BCUT2D eigenvalue weighted by atomic mass is 35.5. The number of sulfonamides is 1. The summed E-state index contributed by atoms with van der Waals surface area (Å²) in [6.07, 6.45) is 6.20. The Morgan fingerprint density at radius 3 is 2.47 bits per heavy atom. The van der Waals surface area contributed by atoms with Crippen LogP contribution in [0.2, 0.25) is 5.02 Å². The summed E-state index contributed by atoms with van der Waals surface area (Å²) in [4.78, 5) is 26.3. The summed E-state index contributed by atoms with van der Waals surface area (Å²) in [7, 11) is -1.49. The molecule has 11 heteroatoms. The number of carbonyl (C=O) groups excluding carboxylic acids is 1. The van der Waals surface area contributed by atoms with E-state index in [1.165, 1.54) is 16.9 Å². The molecule has 1 aromatic heterocycles. The average Bonchev–Trinajstić information content (AvgIpc) is 2.87. The molecule has 36 heavy (non-hydrogen) atoms. The first-order valence-electron chi connectivity index (χ1n) is 12.4. The van der Waals surface area contributed by atoms with Crippen molar-refractivity contribution >= 4 is 33.3 Å². The van der Waals surface area contributed by atoms with Gasteiger partial charge in [0.15, 0.2) is 0 Å². The zero-order chi connectivity index (χ0) is 25.9. The van der Waals surface area contributed by atoms with Crippen LogP contribution in [-0.4, -0.2) is 90.0 Å². The number of hydrogen-bond acceptors (Lipinski definition) is 7. The lowest BCUT2D eigenvalue weighted by atomic mass is 9.97. The number of piperidine rings is 2. The van der Waals surface area contributed by atoms with Gasteiger partial charge in [-0.25, -0.2) is 22.7 Å². The first-order valence-corrected chi connectivity index (χ1v) is 14.6. The maximum Gasteiger partial charge on any atom is 0.272 e. The number of rotatable bonds is 7. The van der Waals surface area contributed by atoms with Crippen LogP contribution in [0.4, 0.5) is 5.82 Å². The number of nitrogens with one attached hydrogen (secondary N) is 1. The van der Waals surface area contributed by atoms with Gasteiger partial charge in [0.25, 0.3) is 5.91 Å². The summed E-state index contributed by atoms with van der Waals surface area (Å²) in [5.41, 5.74) is 2.20. The number of likely N-dealkylation sites (tertiary alicyclic amines) is 2. The van der Waals surface area contributed by atoms with E-state index in [9.17, 15) is 13.2 Å². The lowest BCUT2D eigenvalue weighted by molar-refractivity contribution is 0.0542. The molecule has 0 spiro atoms. The van der Waals surface area contributed by atoms with Crippen LogP contribution in [0.5, 0.6) is 0 Å². The van der Waals surface area contributed by atoms with Gasteiger partial charge < -0.3 is 15.1 Å². The topological polar surface area (TPSA) is 98.7 Å². The summed E-state index contributed by atoms with van der Waals surface area (Å²) in [6.45, 7) is 5.56. The number of halogens is 1. The largest absolute Gasteiger partial charge is 0.366 e. The van der Waals surface area contributed by atoms with E-state index >= 15 is 0 Å². The number of benzene rings is 1. The second-order valence-corrected chi connectivity index (χ2v) is 12.2. The predicted octanol–water partition coefficient (Wildman–Crippen LogP) is 3.01. The van der Waals surface area contributed by atoms with Gasteiger partial charge in [0, 0.05) is 49.4 Å². The van der Waals surface area contributed by atoms with Crippen LogP contribution >= 0.6 is 11.6 Å². The molecule has 2 aliphatic rings. The molecule has 2 aromatic rings. The molecule has 2 fully saturated rings. The number of nitrogens with zero attached hydrogens (tertiary/aromatic N) is 5. The van der Waals surface area contributed by atoms with Crippen molar-refractivity contribution in [1.82, 2.24) is 24.1 Å². The molecular formula is C25H35ClN6O3S. The molecule has 0 bridgehead atoms. The van der Waals surface area contributed by atoms with Gasteiger partial charge in [-0.2, -0.15) is 0 Å². The van der Waals surface area contributed by atoms with Gasteiger partial charge in [0.05, 0.1) is 6.26 Å². The highest BCUT2D eigenvalue weighted by Crippen LogP contribution is 2.25. The van der Waals surface area contributed by atoms with E-state index in [1.807, 2.05) is 36.1 Å². The van der Waals surface area contributed by atoms with E-state index < -0.39 is 10.0 Å². The van der Waals surface area contributed by atoms with Crippen molar-refractivity contribution in [3.63, 3.8) is 0 Å². The Morgan fingerprint density at radius 2 is 1.83 bits per heavy atom. The van der Waals surface area contributed by atoms with E-state index in [4.69, 9.17) is 11.6 Å². The van der Waals surface area contributed by atoms with E-state index in [2.05, 4.69) is 20.2 Å². The van der Waals surface area contributed by atoms with Crippen LogP contribution in [-0.2, 0) is 16.6 Å². The third-order valence-electron chi connectivity index (χ3n) is 7.44. The molecule has 0 unspecified atom stereocenters. The van der Waals surface area contributed by atoms with Gasteiger partial charge in [0.1, 0.15) is 17.8 Å². The summed E-state index contributed by atoms with van der Waals surface area (Å²) >= 11 is 6.08. The first kappa shape index (κ1) is 26.8. The van der Waals surface area contributed by atoms with Crippen LogP contribution in [0, 0.1) is 6.92 Å². The number of amides is 1.